The molecule has 24 heavy (non-hydrogen) atoms. The molecule has 0 bridgehead atoms. The van der Waals surface area contributed by atoms with Gasteiger partial charge in [0.2, 0.25) is 0 Å². The van der Waals surface area contributed by atoms with E-state index in [1.807, 2.05) is 23.5 Å². The summed E-state index contributed by atoms with van der Waals surface area (Å²) in [6.07, 6.45) is 1.31. The number of hydrogen-bond donors (Lipinski definition) is 1. The summed E-state index contributed by atoms with van der Waals surface area (Å²) < 4.78 is 0. The number of rotatable bonds is 4. The Bertz CT molecular complexity index is 681. The molecular weight excluding hydrogens is 338 g/mol. The van der Waals surface area contributed by atoms with Gasteiger partial charge in [0.25, 0.3) is 0 Å². The molecule has 2 saturated heterocycles. The maximum absolute atomic E-state index is 6.33. The Balaban J connectivity index is 1.37. The number of benzene rings is 1. The van der Waals surface area contributed by atoms with E-state index in [1.165, 1.54) is 42.4 Å². The molecule has 0 saturated carbocycles. The first-order valence-electron chi connectivity index (χ1n) is 8.80. The van der Waals surface area contributed by atoms with E-state index in [4.69, 9.17) is 11.6 Å². The van der Waals surface area contributed by atoms with Gasteiger partial charge in [-0.05, 0) is 24.6 Å². The zero-order chi connectivity index (χ0) is 16.4. The Kier molecular flexibility index (Phi) is 5.20. The van der Waals surface area contributed by atoms with Crippen LogP contribution in [-0.4, -0.2) is 55.1 Å². The molecule has 1 unspecified atom stereocenters. The first kappa shape index (κ1) is 16.6. The van der Waals surface area contributed by atoms with Crippen molar-refractivity contribution in [3.8, 4) is 10.4 Å². The van der Waals surface area contributed by atoms with E-state index >= 15 is 0 Å². The summed E-state index contributed by atoms with van der Waals surface area (Å²) in [6.45, 7) is 8.18. The number of piperazine rings is 1. The molecule has 0 aliphatic carbocycles. The van der Waals surface area contributed by atoms with E-state index in [1.54, 1.807) is 0 Å². The molecule has 2 aliphatic rings. The van der Waals surface area contributed by atoms with E-state index in [9.17, 15) is 0 Å². The number of halogens is 1. The zero-order valence-electron chi connectivity index (χ0n) is 13.9. The van der Waals surface area contributed by atoms with Crippen LogP contribution in [0.25, 0.3) is 10.4 Å². The Morgan fingerprint density at radius 3 is 2.75 bits per heavy atom. The normalized spacial score (nSPS) is 23.0. The summed E-state index contributed by atoms with van der Waals surface area (Å²) in [7, 11) is 0. The van der Waals surface area contributed by atoms with Crippen molar-refractivity contribution in [2.75, 3.05) is 39.3 Å². The van der Waals surface area contributed by atoms with Gasteiger partial charge >= 0.3 is 0 Å². The molecule has 0 amide bonds. The number of hydrogen-bond acceptors (Lipinski definition) is 4. The zero-order valence-corrected chi connectivity index (χ0v) is 15.5. The van der Waals surface area contributed by atoms with Crippen LogP contribution in [0, 0.1) is 0 Å². The van der Waals surface area contributed by atoms with Crippen molar-refractivity contribution in [3.63, 3.8) is 0 Å². The summed E-state index contributed by atoms with van der Waals surface area (Å²) in [5.41, 5.74) is 1.15. The largest absolute Gasteiger partial charge is 0.314 e. The van der Waals surface area contributed by atoms with Gasteiger partial charge in [0.1, 0.15) is 0 Å². The van der Waals surface area contributed by atoms with Crippen molar-refractivity contribution < 1.29 is 0 Å². The smallest absolute Gasteiger partial charge is 0.0492 e. The van der Waals surface area contributed by atoms with E-state index < -0.39 is 0 Å². The monoisotopic (exact) mass is 361 g/mol. The third-order valence-corrected chi connectivity index (χ3v) is 6.53. The third kappa shape index (κ3) is 3.68. The highest BCUT2D eigenvalue weighted by atomic mass is 35.5. The Labute approximate surface area is 153 Å². The minimum Gasteiger partial charge on any atom is -0.314 e. The number of nitrogens with one attached hydrogen (secondary N) is 1. The predicted molar refractivity (Wildman–Crippen MR) is 103 cm³/mol. The second-order valence-electron chi connectivity index (χ2n) is 6.71. The highest BCUT2D eigenvalue weighted by Crippen LogP contribution is 2.34. The van der Waals surface area contributed by atoms with E-state index in [0.717, 1.165) is 36.3 Å². The molecule has 3 heterocycles. The second kappa shape index (κ2) is 7.54. The quantitative estimate of drug-likeness (QED) is 0.898. The predicted octanol–water partition coefficient (Wildman–Crippen LogP) is 3.55. The molecule has 3 nitrogen and oxygen atoms in total. The first-order chi connectivity index (χ1) is 11.8. The lowest BCUT2D eigenvalue weighted by Crippen LogP contribution is -2.49. The fourth-order valence-corrected chi connectivity index (χ4v) is 5.17. The van der Waals surface area contributed by atoms with Crippen LogP contribution in [0.2, 0.25) is 5.02 Å². The second-order valence-corrected chi connectivity index (χ2v) is 8.28. The lowest BCUT2D eigenvalue weighted by Gasteiger charge is -2.32. The van der Waals surface area contributed by atoms with Crippen LogP contribution < -0.4 is 5.32 Å². The average molecular weight is 362 g/mol. The van der Waals surface area contributed by atoms with E-state index in [-0.39, 0.29) is 0 Å². The van der Waals surface area contributed by atoms with Crippen molar-refractivity contribution >= 4 is 22.9 Å². The van der Waals surface area contributed by atoms with Gasteiger partial charge in [-0.15, -0.1) is 11.3 Å². The van der Waals surface area contributed by atoms with Gasteiger partial charge < -0.3 is 5.32 Å². The van der Waals surface area contributed by atoms with Crippen LogP contribution in [0.5, 0.6) is 0 Å². The van der Waals surface area contributed by atoms with Crippen molar-refractivity contribution in [1.82, 2.24) is 15.1 Å². The molecule has 1 atom stereocenters. The SMILES string of the molecule is Clc1ccccc1-c1ccc(CN2CCC(N3CCNCC3)C2)s1. The lowest BCUT2D eigenvalue weighted by atomic mass is 10.2. The van der Waals surface area contributed by atoms with Gasteiger partial charge in [0.05, 0.1) is 0 Å². The van der Waals surface area contributed by atoms with E-state index in [0.29, 0.717) is 0 Å². The van der Waals surface area contributed by atoms with Crippen LogP contribution in [0.15, 0.2) is 36.4 Å². The average Bonchev–Trinajstić information content (AvgIpc) is 3.26. The fraction of sp³-hybridized carbons (Fsp3) is 0.474. The van der Waals surface area contributed by atoms with Crippen molar-refractivity contribution in [1.29, 1.82) is 0 Å². The Hall–Kier alpha value is -0.910. The van der Waals surface area contributed by atoms with Crippen molar-refractivity contribution in [2.24, 2.45) is 0 Å². The molecule has 2 aliphatic heterocycles. The molecule has 0 spiro atoms. The lowest BCUT2D eigenvalue weighted by molar-refractivity contribution is 0.170. The van der Waals surface area contributed by atoms with E-state index in [2.05, 4.69) is 39.4 Å². The standard InChI is InChI=1S/C19H24ClN3S/c20-18-4-2-1-3-17(18)19-6-5-16(24-19)14-22-10-7-15(13-22)23-11-8-21-9-12-23/h1-6,15,21H,7-14H2. The van der Waals surface area contributed by atoms with Crippen molar-refractivity contribution in [2.45, 2.75) is 19.0 Å². The van der Waals surface area contributed by atoms with Gasteiger partial charge in [0.15, 0.2) is 0 Å². The molecule has 0 radical (unpaired) electrons. The molecule has 1 aromatic heterocycles. The van der Waals surface area contributed by atoms with Gasteiger partial charge in [0, 0.05) is 72.2 Å². The highest BCUT2D eigenvalue weighted by molar-refractivity contribution is 7.15. The Morgan fingerprint density at radius 2 is 1.92 bits per heavy atom. The molecule has 5 heteroatoms. The van der Waals surface area contributed by atoms with Gasteiger partial charge in [-0.3, -0.25) is 9.80 Å². The summed E-state index contributed by atoms with van der Waals surface area (Å²) in [5.74, 6) is 0. The summed E-state index contributed by atoms with van der Waals surface area (Å²) >= 11 is 8.20. The number of nitrogens with zero attached hydrogens (tertiary/aromatic N) is 2. The molecule has 2 fully saturated rings. The first-order valence-corrected chi connectivity index (χ1v) is 10.00. The summed E-state index contributed by atoms with van der Waals surface area (Å²) in [4.78, 5) is 7.98. The van der Waals surface area contributed by atoms with Crippen LogP contribution in [-0.2, 0) is 6.54 Å². The van der Waals surface area contributed by atoms with Crippen LogP contribution in [0.4, 0.5) is 0 Å². The topological polar surface area (TPSA) is 18.5 Å². The van der Waals surface area contributed by atoms with Crippen LogP contribution in [0.3, 0.4) is 0 Å². The molecule has 1 N–H and O–H groups in total. The minimum absolute atomic E-state index is 0.745. The highest BCUT2D eigenvalue weighted by Gasteiger charge is 2.28. The molecule has 2 aromatic rings. The third-order valence-electron chi connectivity index (χ3n) is 5.10. The van der Waals surface area contributed by atoms with Crippen LogP contribution >= 0.6 is 22.9 Å². The maximum Gasteiger partial charge on any atom is 0.0492 e. The minimum atomic E-state index is 0.745. The van der Waals surface area contributed by atoms with Gasteiger partial charge in [-0.25, -0.2) is 0 Å². The molecule has 4 rings (SSSR count). The van der Waals surface area contributed by atoms with Gasteiger partial charge in [-0.2, -0.15) is 0 Å². The Morgan fingerprint density at radius 1 is 1.08 bits per heavy atom. The van der Waals surface area contributed by atoms with Crippen molar-refractivity contribution in [3.05, 3.63) is 46.3 Å². The summed E-state index contributed by atoms with van der Waals surface area (Å²) in [5, 5.41) is 4.29. The summed E-state index contributed by atoms with van der Waals surface area (Å²) in [6, 6.07) is 13.3. The molecule has 1 aromatic carbocycles. The molecular formula is C19H24ClN3S. The van der Waals surface area contributed by atoms with Gasteiger partial charge in [-0.1, -0.05) is 29.8 Å². The number of likely N-dealkylation sites (tertiary alicyclic amines) is 1. The molecule has 128 valence electrons. The number of thiophene rings is 1. The fourth-order valence-electron chi connectivity index (χ4n) is 3.79. The van der Waals surface area contributed by atoms with Crippen LogP contribution in [0.1, 0.15) is 11.3 Å². The maximum atomic E-state index is 6.33.